The van der Waals surface area contributed by atoms with Crippen molar-refractivity contribution < 1.29 is 9.72 Å². The fraction of sp³-hybridized carbons (Fsp3) is 0.0833. The number of carbonyl (C=O) groups excluding carboxylic acids is 1. The molecule has 0 spiro atoms. The molecule has 0 fully saturated rings. The molecule has 108 valence electrons. The molecule has 21 heavy (non-hydrogen) atoms. The number of thioether (sulfide) groups is 1. The Kier molecular flexibility index (Phi) is 4.67. The predicted octanol–water partition coefficient (Wildman–Crippen LogP) is 1.41. The molecule has 0 saturated carbocycles. The maximum Gasteiger partial charge on any atom is 0.292 e. The first kappa shape index (κ1) is 14.7. The number of para-hydroxylation sites is 2. The van der Waals surface area contributed by atoms with Gasteiger partial charge in [-0.15, -0.1) is 0 Å². The van der Waals surface area contributed by atoms with Crippen LogP contribution in [0.4, 0.5) is 11.4 Å². The summed E-state index contributed by atoms with van der Waals surface area (Å²) in [7, 11) is 0. The van der Waals surface area contributed by atoms with Gasteiger partial charge in [0.1, 0.15) is 5.69 Å². The zero-order chi connectivity index (χ0) is 15.2. The van der Waals surface area contributed by atoms with Gasteiger partial charge in [-0.2, -0.15) is 0 Å². The normalized spacial score (nSPS) is 10.1. The Bertz CT molecular complexity index is 731. The Balaban J connectivity index is 1.99. The first-order valence-electron chi connectivity index (χ1n) is 5.77. The second-order valence-electron chi connectivity index (χ2n) is 3.85. The topological polar surface area (TPSA) is 118 Å². The van der Waals surface area contributed by atoms with Crippen LogP contribution in [0.15, 0.2) is 46.5 Å². The summed E-state index contributed by atoms with van der Waals surface area (Å²) in [5.74, 6) is -0.459. The van der Waals surface area contributed by atoms with Gasteiger partial charge in [-0.3, -0.25) is 19.7 Å². The highest BCUT2D eigenvalue weighted by atomic mass is 32.2. The van der Waals surface area contributed by atoms with E-state index >= 15 is 0 Å². The van der Waals surface area contributed by atoms with Crippen LogP contribution in [-0.2, 0) is 4.79 Å². The van der Waals surface area contributed by atoms with Crippen molar-refractivity contribution in [2.75, 3.05) is 11.1 Å². The second kappa shape index (κ2) is 6.66. The number of aromatic nitrogens is 2. The number of carbonyl (C=O) groups is 1. The SMILES string of the molecule is O=C(CSc1nccc(=O)[nH]1)Nc1ccccc1[N+](=O)[O-]. The quantitative estimate of drug-likeness (QED) is 0.373. The molecular weight excluding hydrogens is 296 g/mol. The number of hydrogen-bond donors (Lipinski definition) is 2. The van der Waals surface area contributed by atoms with E-state index in [0.29, 0.717) is 5.16 Å². The first-order chi connectivity index (χ1) is 10.1. The van der Waals surface area contributed by atoms with Gasteiger partial charge in [0.25, 0.3) is 11.2 Å². The predicted molar refractivity (Wildman–Crippen MR) is 77.3 cm³/mol. The number of nitrogens with one attached hydrogen (secondary N) is 2. The molecule has 0 unspecified atom stereocenters. The van der Waals surface area contributed by atoms with Crippen LogP contribution in [-0.4, -0.2) is 26.6 Å². The molecule has 0 aliphatic rings. The van der Waals surface area contributed by atoms with Crippen LogP contribution in [0, 0.1) is 10.1 Å². The van der Waals surface area contributed by atoms with Crippen LogP contribution in [0.1, 0.15) is 0 Å². The van der Waals surface area contributed by atoms with Crippen LogP contribution in [0.5, 0.6) is 0 Å². The Labute approximate surface area is 122 Å². The summed E-state index contributed by atoms with van der Waals surface area (Å²) in [5, 5.41) is 13.6. The number of benzene rings is 1. The third-order valence-corrected chi connectivity index (χ3v) is 3.25. The van der Waals surface area contributed by atoms with Gasteiger partial charge in [0, 0.05) is 18.3 Å². The minimum Gasteiger partial charge on any atom is -0.320 e. The largest absolute Gasteiger partial charge is 0.320 e. The fourth-order valence-corrected chi connectivity index (χ4v) is 2.13. The van der Waals surface area contributed by atoms with Gasteiger partial charge in [-0.1, -0.05) is 23.9 Å². The van der Waals surface area contributed by atoms with Crippen molar-refractivity contribution in [2.24, 2.45) is 0 Å². The summed E-state index contributed by atoms with van der Waals surface area (Å²) in [6.07, 6.45) is 1.33. The molecule has 2 aromatic rings. The van der Waals surface area contributed by atoms with E-state index in [4.69, 9.17) is 0 Å². The molecule has 1 aromatic heterocycles. The van der Waals surface area contributed by atoms with Crippen LogP contribution >= 0.6 is 11.8 Å². The number of hydrogen-bond acceptors (Lipinski definition) is 6. The summed E-state index contributed by atoms with van der Waals surface area (Å²) in [4.78, 5) is 39.4. The monoisotopic (exact) mass is 306 g/mol. The molecule has 2 N–H and O–H groups in total. The van der Waals surface area contributed by atoms with Crippen molar-refractivity contribution in [3.63, 3.8) is 0 Å². The van der Waals surface area contributed by atoms with E-state index in [0.717, 1.165) is 11.8 Å². The zero-order valence-corrected chi connectivity index (χ0v) is 11.4. The lowest BCUT2D eigenvalue weighted by molar-refractivity contribution is -0.383. The molecule has 0 aliphatic heterocycles. The number of anilines is 1. The number of rotatable bonds is 5. The highest BCUT2D eigenvalue weighted by molar-refractivity contribution is 7.99. The van der Waals surface area contributed by atoms with Crippen molar-refractivity contribution in [1.29, 1.82) is 0 Å². The van der Waals surface area contributed by atoms with E-state index < -0.39 is 10.8 Å². The summed E-state index contributed by atoms with van der Waals surface area (Å²) in [6, 6.07) is 7.12. The molecule has 1 aromatic carbocycles. The van der Waals surface area contributed by atoms with E-state index in [9.17, 15) is 19.7 Å². The number of H-pyrrole nitrogens is 1. The molecule has 9 heteroatoms. The molecule has 0 radical (unpaired) electrons. The second-order valence-corrected chi connectivity index (χ2v) is 4.81. The molecule has 0 aliphatic carbocycles. The molecule has 0 bridgehead atoms. The average molecular weight is 306 g/mol. The number of nitrogens with zero attached hydrogens (tertiary/aromatic N) is 2. The Morgan fingerprint density at radius 3 is 2.86 bits per heavy atom. The Morgan fingerprint density at radius 2 is 2.14 bits per heavy atom. The number of aromatic amines is 1. The lowest BCUT2D eigenvalue weighted by Gasteiger charge is -2.05. The van der Waals surface area contributed by atoms with Gasteiger partial charge in [0.2, 0.25) is 5.91 Å². The van der Waals surface area contributed by atoms with Crippen LogP contribution in [0.2, 0.25) is 0 Å². The fourth-order valence-electron chi connectivity index (χ4n) is 1.48. The van der Waals surface area contributed by atoms with E-state index in [-0.39, 0.29) is 22.7 Å². The minimum absolute atomic E-state index is 0.0288. The highest BCUT2D eigenvalue weighted by Gasteiger charge is 2.14. The number of nitro benzene ring substituents is 1. The molecule has 2 rings (SSSR count). The average Bonchev–Trinajstić information content (AvgIpc) is 2.45. The summed E-state index contributed by atoms with van der Waals surface area (Å²) in [5.41, 5.74) is -0.365. The molecule has 0 atom stereocenters. The molecule has 1 heterocycles. The van der Waals surface area contributed by atoms with Crippen LogP contribution in [0.25, 0.3) is 0 Å². The maximum absolute atomic E-state index is 11.8. The van der Waals surface area contributed by atoms with E-state index in [1.807, 2.05) is 0 Å². The van der Waals surface area contributed by atoms with Gasteiger partial charge < -0.3 is 10.3 Å². The van der Waals surface area contributed by atoms with Gasteiger partial charge >= 0.3 is 0 Å². The summed E-state index contributed by atoms with van der Waals surface area (Å²) >= 11 is 1.03. The standard InChI is InChI=1S/C12H10N4O4S/c17-10-5-6-13-12(15-10)21-7-11(18)14-8-3-1-2-4-9(8)16(19)20/h1-6H,7H2,(H,14,18)(H,13,15,17). The number of amides is 1. The van der Waals surface area contributed by atoms with E-state index in [2.05, 4.69) is 15.3 Å². The van der Waals surface area contributed by atoms with Gasteiger partial charge in [-0.25, -0.2) is 4.98 Å². The Morgan fingerprint density at radius 1 is 1.38 bits per heavy atom. The van der Waals surface area contributed by atoms with Gasteiger partial charge in [-0.05, 0) is 6.07 Å². The molecule has 8 nitrogen and oxygen atoms in total. The van der Waals surface area contributed by atoms with Crippen molar-refractivity contribution >= 4 is 29.0 Å². The van der Waals surface area contributed by atoms with Crippen molar-refractivity contribution in [1.82, 2.24) is 9.97 Å². The lowest BCUT2D eigenvalue weighted by atomic mass is 10.2. The van der Waals surface area contributed by atoms with Crippen LogP contribution in [0.3, 0.4) is 0 Å². The molecule has 0 saturated heterocycles. The van der Waals surface area contributed by atoms with Gasteiger partial charge in [0.05, 0.1) is 10.7 Å². The molecule has 1 amide bonds. The van der Waals surface area contributed by atoms with Crippen molar-refractivity contribution in [2.45, 2.75) is 5.16 Å². The van der Waals surface area contributed by atoms with Crippen LogP contribution < -0.4 is 10.9 Å². The first-order valence-corrected chi connectivity index (χ1v) is 6.76. The smallest absolute Gasteiger partial charge is 0.292 e. The maximum atomic E-state index is 11.8. The van der Waals surface area contributed by atoms with E-state index in [1.54, 1.807) is 6.07 Å². The summed E-state index contributed by atoms with van der Waals surface area (Å²) in [6.45, 7) is 0. The molecular formula is C12H10N4O4S. The van der Waals surface area contributed by atoms with Gasteiger partial charge in [0.15, 0.2) is 5.16 Å². The van der Waals surface area contributed by atoms with Crippen molar-refractivity contribution in [3.05, 3.63) is 57.0 Å². The van der Waals surface area contributed by atoms with E-state index in [1.165, 1.54) is 30.5 Å². The summed E-state index contributed by atoms with van der Waals surface area (Å²) < 4.78 is 0. The third-order valence-electron chi connectivity index (χ3n) is 2.36. The number of nitro groups is 1. The highest BCUT2D eigenvalue weighted by Crippen LogP contribution is 2.23. The minimum atomic E-state index is -0.570. The third kappa shape index (κ3) is 4.14. The van der Waals surface area contributed by atoms with Crippen molar-refractivity contribution in [3.8, 4) is 0 Å². The lowest BCUT2D eigenvalue weighted by Crippen LogP contribution is -2.16. The zero-order valence-electron chi connectivity index (χ0n) is 10.6. The Hall–Kier alpha value is -2.68.